The van der Waals surface area contributed by atoms with Crippen molar-refractivity contribution in [3.05, 3.63) is 90.0 Å². The van der Waals surface area contributed by atoms with Gasteiger partial charge in [0.05, 0.1) is 16.9 Å². The number of urea groups is 1. The maximum Gasteiger partial charge on any atom is 0.333 e. The Morgan fingerprint density at radius 1 is 0.848 bits per heavy atom. The lowest BCUT2D eigenvalue weighted by molar-refractivity contribution is -0.125. The molecule has 1 N–H and O–H groups in total. The van der Waals surface area contributed by atoms with Gasteiger partial charge in [-0.05, 0) is 42.3 Å². The summed E-state index contributed by atoms with van der Waals surface area (Å²) in [4.78, 5) is 43.1. The fraction of sp³-hybridized carbons (Fsp3) is 0.222. The van der Waals surface area contributed by atoms with E-state index in [1.165, 1.54) is 0 Å². The first-order valence-corrected chi connectivity index (χ1v) is 11.0. The minimum atomic E-state index is -0.596. The van der Waals surface area contributed by atoms with E-state index in [9.17, 15) is 14.4 Å². The van der Waals surface area contributed by atoms with Crippen molar-refractivity contribution in [1.82, 2.24) is 0 Å². The highest BCUT2D eigenvalue weighted by atomic mass is 16.2. The lowest BCUT2D eigenvalue weighted by Crippen LogP contribution is -2.42. The Balaban J connectivity index is 1.76. The molecule has 0 unspecified atom stereocenters. The van der Waals surface area contributed by atoms with Gasteiger partial charge in [0.15, 0.2) is 0 Å². The molecule has 1 aliphatic heterocycles. The lowest BCUT2D eigenvalue weighted by atomic mass is 9.94. The summed E-state index contributed by atoms with van der Waals surface area (Å²) in [5, 5.41) is 2.80. The van der Waals surface area contributed by atoms with Crippen molar-refractivity contribution >= 4 is 34.9 Å². The van der Waals surface area contributed by atoms with Crippen LogP contribution in [-0.2, 0) is 11.2 Å². The van der Waals surface area contributed by atoms with Crippen LogP contribution < -0.4 is 15.1 Å². The first-order chi connectivity index (χ1) is 15.8. The summed E-state index contributed by atoms with van der Waals surface area (Å²) in [5.74, 6) is -0.540. The molecule has 1 aliphatic rings. The molecule has 0 aliphatic carbocycles. The summed E-state index contributed by atoms with van der Waals surface area (Å²) in [6.45, 7) is 6.10. The number of fused-ring (bicyclic) bond motifs is 1. The van der Waals surface area contributed by atoms with Gasteiger partial charge in [-0.25, -0.2) is 9.69 Å². The quantitative estimate of drug-likeness (QED) is 0.583. The van der Waals surface area contributed by atoms with E-state index in [2.05, 4.69) is 5.32 Å². The third-order valence-electron chi connectivity index (χ3n) is 5.56. The molecular formula is C27H27N3O3. The normalized spacial score (nSPS) is 12.8. The second-order valence-electron chi connectivity index (χ2n) is 9.04. The van der Waals surface area contributed by atoms with E-state index >= 15 is 0 Å². The second kappa shape index (κ2) is 8.90. The van der Waals surface area contributed by atoms with Crippen molar-refractivity contribution in [3.63, 3.8) is 0 Å². The highest BCUT2D eigenvalue weighted by molar-refractivity contribution is 6.26. The molecule has 4 amide bonds. The fourth-order valence-corrected chi connectivity index (χ4v) is 3.96. The maximum absolute atomic E-state index is 13.9. The third kappa shape index (κ3) is 4.51. The van der Waals surface area contributed by atoms with Gasteiger partial charge in [-0.3, -0.25) is 9.59 Å². The van der Waals surface area contributed by atoms with Gasteiger partial charge in [0.2, 0.25) is 5.91 Å². The smallest absolute Gasteiger partial charge is 0.311 e. The number of hydrogen-bond donors (Lipinski definition) is 1. The van der Waals surface area contributed by atoms with Crippen LogP contribution in [0.1, 0.15) is 36.7 Å². The topological polar surface area (TPSA) is 69.7 Å². The third-order valence-corrected chi connectivity index (χ3v) is 5.56. The molecule has 1 heterocycles. The Kier molecular flexibility index (Phi) is 6.01. The molecule has 33 heavy (non-hydrogen) atoms. The number of imide groups is 1. The van der Waals surface area contributed by atoms with E-state index in [1.54, 1.807) is 53.4 Å². The Hall–Kier alpha value is -3.93. The van der Waals surface area contributed by atoms with Crippen LogP contribution in [0.4, 0.5) is 21.9 Å². The molecule has 0 saturated heterocycles. The van der Waals surface area contributed by atoms with Crippen LogP contribution in [0.25, 0.3) is 0 Å². The number of rotatable bonds is 3. The lowest BCUT2D eigenvalue weighted by Gasteiger charge is -2.29. The van der Waals surface area contributed by atoms with E-state index in [0.717, 1.165) is 10.5 Å². The highest BCUT2D eigenvalue weighted by Crippen LogP contribution is 2.36. The van der Waals surface area contributed by atoms with E-state index in [4.69, 9.17) is 0 Å². The van der Waals surface area contributed by atoms with Gasteiger partial charge in [-0.1, -0.05) is 69.3 Å². The standard InChI is InChI=1S/C27H27N3O3/c1-27(2,3)25(32)29-18-17-19-11-10-16-22(23(19)29)24(31)30(21-14-8-5-9-15-21)26(33)28-20-12-6-4-7-13-20/h4-16H,17-18H2,1-3H3,(H,28,33). The van der Waals surface area contributed by atoms with Crippen LogP contribution in [0.3, 0.4) is 0 Å². The SMILES string of the molecule is CC(C)(C)C(=O)N1CCc2cccc(C(=O)N(C(=O)Nc3ccccc3)c3ccccc3)c21. The maximum atomic E-state index is 13.9. The Labute approximate surface area is 193 Å². The zero-order chi connectivity index (χ0) is 23.6. The molecule has 3 aromatic rings. The number of nitrogens with zero attached hydrogens (tertiary/aromatic N) is 2. The van der Waals surface area contributed by atoms with Crippen molar-refractivity contribution < 1.29 is 14.4 Å². The van der Waals surface area contributed by atoms with Gasteiger partial charge in [-0.15, -0.1) is 0 Å². The summed E-state index contributed by atoms with van der Waals surface area (Å²) < 4.78 is 0. The van der Waals surface area contributed by atoms with Crippen LogP contribution in [0.15, 0.2) is 78.9 Å². The second-order valence-corrected chi connectivity index (χ2v) is 9.04. The largest absolute Gasteiger partial charge is 0.333 e. The van der Waals surface area contributed by atoms with Crippen LogP contribution in [-0.4, -0.2) is 24.4 Å². The molecule has 3 aromatic carbocycles. The monoisotopic (exact) mass is 441 g/mol. The highest BCUT2D eigenvalue weighted by Gasteiger charge is 2.37. The van der Waals surface area contributed by atoms with Crippen molar-refractivity contribution in [3.8, 4) is 0 Å². The molecule has 0 radical (unpaired) electrons. The number of anilines is 3. The predicted octanol–water partition coefficient (Wildman–Crippen LogP) is 5.50. The average molecular weight is 442 g/mol. The Morgan fingerprint density at radius 2 is 1.48 bits per heavy atom. The van der Waals surface area contributed by atoms with Gasteiger partial charge >= 0.3 is 6.03 Å². The van der Waals surface area contributed by atoms with Gasteiger partial charge in [0, 0.05) is 17.6 Å². The van der Waals surface area contributed by atoms with E-state index in [-0.39, 0.29) is 5.91 Å². The van der Waals surface area contributed by atoms with Crippen LogP contribution in [0.2, 0.25) is 0 Å². The Morgan fingerprint density at radius 3 is 2.12 bits per heavy atom. The van der Waals surface area contributed by atoms with Crippen LogP contribution >= 0.6 is 0 Å². The fourth-order valence-electron chi connectivity index (χ4n) is 3.96. The molecule has 6 heteroatoms. The Bertz CT molecular complexity index is 1180. The number of para-hydroxylation sites is 3. The van der Waals surface area contributed by atoms with Crippen LogP contribution in [0.5, 0.6) is 0 Å². The van der Waals surface area contributed by atoms with Gasteiger partial charge in [0.25, 0.3) is 5.91 Å². The van der Waals surface area contributed by atoms with Crippen LogP contribution in [0, 0.1) is 5.41 Å². The number of carbonyl (C=O) groups is 3. The van der Waals surface area contributed by atoms with E-state index < -0.39 is 17.4 Å². The van der Waals surface area contributed by atoms with Crippen molar-refractivity contribution in [2.24, 2.45) is 5.41 Å². The van der Waals surface area contributed by atoms with Gasteiger partial charge in [0.1, 0.15) is 0 Å². The molecule has 0 aromatic heterocycles. The number of hydrogen-bond acceptors (Lipinski definition) is 3. The summed E-state index contributed by atoms with van der Waals surface area (Å²) in [6, 6.07) is 22.6. The molecule has 0 atom stereocenters. The zero-order valence-electron chi connectivity index (χ0n) is 19.0. The number of benzene rings is 3. The molecule has 0 bridgehead atoms. The minimum Gasteiger partial charge on any atom is -0.311 e. The van der Waals surface area contributed by atoms with Gasteiger partial charge in [-0.2, -0.15) is 0 Å². The molecular weight excluding hydrogens is 414 g/mol. The minimum absolute atomic E-state index is 0.0542. The average Bonchev–Trinajstić information content (AvgIpc) is 3.23. The first-order valence-electron chi connectivity index (χ1n) is 11.0. The summed E-state index contributed by atoms with van der Waals surface area (Å²) in [6.07, 6.45) is 0.666. The number of nitrogens with one attached hydrogen (secondary N) is 1. The molecule has 6 nitrogen and oxygen atoms in total. The summed E-state index contributed by atoms with van der Waals surface area (Å²) >= 11 is 0. The molecule has 0 saturated carbocycles. The van der Waals surface area contributed by atoms with Crippen molar-refractivity contribution in [2.45, 2.75) is 27.2 Å². The van der Waals surface area contributed by atoms with E-state index in [0.29, 0.717) is 35.6 Å². The van der Waals surface area contributed by atoms with Gasteiger partial charge < -0.3 is 10.2 Å². The molecule has 0 spiro atoms. The predicted molar refractivity (Wildman–Crippen MR) is 131 cm³/mol. The zero-order valence-corrected chi connectivity index (χ0v) is 19.0. The number of carbonyl (C=O) groups excluding carboxylic acids is 3. The summed E-state index contributed by atoms with van der Waals surface area (Å²) in [7, 11) is 0. The van der Waals surface area contributed by atoms with Crippen molar-refractivity contribution in [1.29, 1.82) is 0 Å². The molecule has 0 fully saturated rings. The summed E-state index contributed by atoms with van der Waals surface area (Å²) in [5.41, 5.74) is 2.28. The molecule has 168 valence electrons. The van der Waals surface area contributed by atoms with E-state index in [1.807, 2.05) is 51.1 Å². The van der Waals surface area contributed by atoms with Crippen molar-refractivity contribution in [2.75, 3.05) is 21.7 Å². The first kappa shape index (κ1) is 22.3. The molecule has 4 rings (SSSR count). The number of amides is 4.